The molecule has 4 nitrogen and oxygen atoms in total. The Balaban J connectivity index is 2.26. The molecule has 0 amide bonds. The van der Waals surface area contributed by atoms with E-state index in [4.69, 9.17) is 11.6 Å². The van der Waals surface area contributed by atoms with E-state index in [1.54, 1.807) is 24.3 Å². The van der Waals surface area contributed by atoms with E-state index in [2.05, 4.69) is 4.98 Å². The van der Waals surface area contributed by atoms with Crippen molar-refractivity contribution in [1.29, 1.82) is 0 Å². The van der Waals surface area contributed by atoms with Gasteiger partial charge < -0.3 is 4.98 Å². The molecule has 0 spiro atoms. The highest BCUT2D eigenvalue weighted by Crippen LogP contribution is 2.22. The van der Waals surface area contributed by atoms with Gasteiger partial charge in [-0.2, -0.15) is 0 Å². The van der Waals surface area contributed by atoms with Crippen LogP contribution < -0.4 is 5.43 Å². The second-order valence-corrected chi connectivity index (χ2v) is 7.78. The Bertz CT molecular complexity index is 1080. The Morgan fingerprint density at radius 2 is 1.74 bits per heavy atom. The van der Waals surface area contributed by atoms with Crippen molar-refractivity contribution in [1.82, 2.24) is 4.98 Å². The van der Waals surface area contributed by atoms with E-state index in [0.717, 1.165) is 11.1 Å². The zero-order valence-electron chi connectivity index (χ0n) is 12.6. The van der Waals surface area contributed by atoms with Gasteiger partial charge in [0.05, 0.1) is 10.4 Å². The summed E-state index contributed by atoms with van der Waals surface area (Å²) >= 11 is 5.89. The molecule has 0 unspecified atom stereocenters. The monoisotopic (exact) mass is 347 g/mol. The zero-order chi connectivity index (χ0) is 16.8. The topological polar surface area (TPSA) is 67.0 Å². The number of H-pyrrole nitrogens is 1. The van der Waals surface area contributed by atoms with Gasteiger partial charge in [0.25, 0.3) is 0 Å². The summed E-state index contributed by atoms with van der Waals surface area (Å²) in [6.45, 7) is 3.74. The number of aromatic nitrogens is 1. The standard InChI is InChI=1S/C17H14ClNO3S/c1-10-3-5-13(7-11(10)2)23(21,22)16-9-19-15-8-12(18)4-6-14(15)17(16)20/h3-9H,1-2H3,(H,19,20). The Labute approximate surface area is 138 Å². The van der Waals surface area contributed by atoms with Crippen LogP contribution in [0.5, 0.6) is 0 Å². The Kier molecular flexibility index (Phi) is 3.78. The summed E-state index contributed by atoms with van der Waals surface area (Å²) in [5.74, 6) is 0. The molecule has 23 heavy (non-hydrogen) atoms. The molecule has 0 aliphatic carbocycles. The van der Waals surface area contributed by atoms with Gasteiger partial charge in [-0.1, -0.05) is 17.7 Å². The minimum atomic E-state index is -3.89. The maximum absolute atomic E-state index is 12.8. The van der Waals surface area contributed by atoms with Crippen LogP contribution in [0.25, 0.3) is 10.9 Å². The number of halogens is 1. The highest BCUT2D eigenvalue weighted by molar-refractivity contribution is 7.91. The third-order valence-corrected chi connectivity index (χ3v) is 5.88. The molecule has 0 saturated carbocycles. The summed E-state index contributed by atoms with van der Waals surface area (Å²) in [5, 5.41) is 0.761. The molecule has 0 radical (unpaired) electrons. The van der Waals surface area contributed by atoms with E-state index in [0.29, 0.717) is 15.9 Å². The van der Waals surface area contributed by atoms with Gasteiger partial charge in [0.15, 0.2) is 0 Å². The van der Waals surface area contributed by atoms with Crippen LogP contribution in [-0.4, -0.2) is 13.4 Å². The van der Waals surface area contributed by atoms with Crippen molar-refractivity contribution >= 4 is 32.3 Å². The smallest absolute Gasteiger partial charge is 0.211 e. The molecule has 1 heterocycles. The molecular weight excluding hydrogens is 334 g/mol. The van der Waals surface area contributed by atoms with Gasteiger partial charge in [0.1, 0.15) is 4.90 Å². The third-order valence-electron chi connectivity index (χ3n) is 3.89. The van der Waals surface area contributed by atoms with Gasteiger partial charge in [-0.05, 0) is 55.3 Å². The molecule has 0 atom stereocenters. The lowest BCUT2D eigenvalue weighted by atomic mass is 10.1. The van der Waals surface area contributed by atoms with Crippen LogP contribution >= 0.6 is 11.6 Å². The number of hydrogen-bond donors (Lipinski definition) is 1. The number of nitrogens with one attached hydrogen (secondary N) is 1. The van der Waals surface area contributed by atoms with Crippen LogP contribution in [-0.2, 0) is 9.84 Å². The van der Waals surface area contributed by atoms with Crippen molar-refractivity contribution in [3.8, 4) is 0 Å². The second kappa shape index (κ2) is 5.51. The fourth-order valence-corrected chi connectivity index (χ4v) is 3.96. The molecule has 1 N–H and O–H groups in total. The number of aromatic amines is 1. The first kappa shape index (κ1) is 15.8. The average molecular weight is 348 g/mol. The molecule has 0 bridgehead atoms. The fraction of sp³-hybridized carbons (Fsp3) is 0.118. The minimum absolute atomic E-state index is 0.111. The highest BCUT2D eigenvalue weighted by atomic mass is 35.5. The first-order valence-electron chi connectivity index (χ1n) is 6.94. The van der Waals surface area contributed by atoms with Crippen molar-refractivity contribution in [3.05, 3.63) is 69.0 Å². The Morgan fingerprint density at radius 1 is 1.00 bits per heavy atom. The lowest BCUT2D eigenvalue weighted by Gasteiger charge is -2.08. The largest absolute Gasteiger partial charge is 0.360 e. The van der Waals surface area contributed by atoms with E-state index in [9.17, 15) is 13.2 Å². The van der Waals surface area contributed by atoms with Gasteiger partial charge in [0.2, 0.25) is 15.3 Å². The zero-order valence-corrected chi connectivity index (χ0v) is 14.1. The number of pyridine rings is 1. The summed E-state index contributed by atoms with van der Waals surface area (Å²) in [6, 6.07) is 9.50. The Morgan fingerprint density at radius 3 is 2.43 bits per heavy atom. The van der Waals surface area contributed by atoms with Gasteiger partial charge in [-0.15, -0.1) is 0 Å². The Hall–Kier alpha value is -2.11. The molecule has 3 rings (SSSR count). The first-order valence-corrected chi connectivity index (χ1v) is 8.80. The quantitative estimate of drug-likeness (QED) is 0.769. The van der Waals surface area contributed by atoms with Crippen LogP contribution in [0.4, 0.5) is 0 Å². The number of aryl methyl sites for hydroxylation is 2. The van der Waals surface area contributed by atoms with E-state index >= 15 is 0 Å². The van der Waals surface area contributed by atoms with Crippen LogP contribution in [0.3, 0.4) is 0 Å². The number of fused-ring (bicyclic) bond motifs is 1. The summed E-state index contributed by atoms with van der Waals surface area (Å²) in [6.07, 6.45) is 1.23. The van der Waals surface area contributed by atoms with Gasteiger partial charge >= 0.3 is 0 Å². The highest BCUT2D eigenvalue weighted by Gasteiger charge is 2.22. The molecule has 1 aromatic heterocycles. The van der Waals surface area contributed by atoms with Crippen molar-refractivity contribution in [2.45, 2.75) is 23.6 Å². The SMILES string of the molecule is Cc1ccc(S(=O)(=O)c2c[nH]c3cc(Cl)ccc3c2=O)cc1C. The average Bonchev–Trinajstić information content (AvgIpc) is 2.49. The van der Waals surface area contributed by atoms with Crippen molar-refractivity contribution < 1.29 is 8.42 Å². The normalized spacial score (nSPS) is 11.8. The molecule has 0 fully saturated rings. The molecule has 0 aliphatic rings. The summed E-state index contributed by atoms with van der Waals surface area (Å²) in [4.78, 5) is 15.3. The molecular formula is C17H14ClNO3S. The fourth-order valence-electron chi connectivity index (χ4n) is 2.38. The first-order chi connectivity index (χ1) is 10.8. The van der Waals surface area contributed by atoms with E-state index in [-0.39, 0.29) is 9.79 Å². The summed E-state index contributed by atoms with van der Waals surface area (Å²) in [5.41, 5.74) is 1.82. The minimum Gasteiger partial charge on any atom is -0.360 e. The molecule has 3 aromatic rings. The van der Waals surface area contributed by atoms with Gasteiger partial charge in [0, 0.05) is 16.6 Å². The van der Waals surface area contributed by atoms with E-state index < -0.39 is 15.3 Å². The molecule has 2 aromatic carbocycles. The predicted octanol–water partition coefficient (Wildman–Crippen LogP) is 3.63. The van der Waals surface area contributed by atoms with Crippen LogP contribution in [0.2, 0.25) is 5.02 Å². The number of benzene rings is 2. The van der Waals surface area contributed by atoms with Gasteiger partial charge in [-0.3, -0.25) is 4.79 Å². The van der Waals surface area contributed by atoms with Crippen LogP contribution in [0.1, 0.15) is 11.1 Å². The third kappa shape index (κ3) is 2.66. The van der Waals surface area contributed by atoms with Crippen molar-refractivity contribution in [2.24, 2.45) is 0 Å². The van der Waals surface area contributed by atoms with Gasteiger partial charge in [-0.25, -0.2) is 8.42 Å². The maximum Gasteiger partial charge on any atom is 0.211 e. The summed E-state index contributed by atoms with van der Waals surface area (Å²) < 4.78 is 25.6. The maximum atomic E-state index is 12.8. The lowest BCUT2D eigenvalue weighted by Crippen LogP contribution is -2.16. The van der Waals surface area contributed by atoms with E-state index in [1.807, 2.05) is 13.8 Å². The number of rotatable bonds is 2. The van der Waals surface area contributed by atoms with Crippen LogP contribution in [0, 0.1) is 13.8 Å². The second-order valence-electron chi connectivity index (χ2n) is 5.42. The predicted molar refractivity (Wildman–Crippen MR) is 90.9 cm³/mol. The lowest BCUT2D eigenvalue weighted by molar-refractivity contribution is 0.595. The molecule has 118 valence electrons. The van der Waals surface area contributed by atoms with Crippen LogP contribution in [0.15, 0.2) is 57.2 Å². The molecule has 0 saturated heterocycles. The molecule has 0 aliphatic heterocycles. The van der Waals surface area contributed by atoms with E-state index in [1.165, 1.54) is 18.3 Å². The molecule has 6 heteroatoms. The van der Waals surface area contributed by atoms with Crippen molar-refractivity contribution in [3.63, 3.8) is 0 Å². The summed E-state index contributed by atoms with van der Waals surface area (Å²) in [7, 11) is -3.89. The number of sulfone groups is 1. The van der Waals surface area contributed by atoms with Crippen molar-refractivity contribution in [2.75, 3.05) is 0 Å². The number of hydrogen-bond acceptors (Lipinski definition) is 3.